The van der Waals surface area contributed by atoms with Gasteiger partial charge in [0, 0.05) is 56.9 Å². The molecule has 0 aliphatic carbocycles. The molecule has 1 unspecified atom stereocenters. The monoisotopic (exact) mass is 308 g/mol. The molecule has 1 N–H and O–H groups in total. The highest BCUT2D eigenvalue weighted by molar-refractivity contribution is 5.80. The van der Waals surface area contributed by atoms with Gasteiger partial charge in [-0.15, -0.1) is 0 Å². The lowest BCUT2D eigenvalue weighted by Gasteiger charge is -2.35. The van der Waals surface area contributed by atoms with Crippen molar-refractivity contribution < 1.29 is 9.90 Å². The van der Waals surface area contributed by atoms with Gasteiger partial charge in [0.1, 0.15) is 6.10 Å². The summed E-state index contributed by atoms with van der Waals surface area (Å²) in [5.74, 6) is -0.170. The van der Waals surface area contributed by atoms with Gasteiger partial charge in [-0.2, -0.15) is 5.10 Å². The molecular formula is C16H28N4O2. The fourth-order valence-corrected chi connectivity index (χ4v) is 2.92. The van der Waals surface area contributed by atoms with Crippen LogP contribution in [0.5, 0.6) is 0 Å². The molecule has 1 aliphatic rings. The van der Waals surface area contributed by atoms with E-state index < -0.39 is 6.10 Å². The number of aliphatic hydroxyl groups is 1. The van der Waals surface area contributed by atoms with E-state index in [2.05, 4.69) is 37.0 Å². The fraction of sp³-hybridized carbons (Fsp3) is 0.750. The molecule has 0 spiro atoms. The molecule has 2 rings (SSSR count). The van der Waals surface area contributed by atoms with Gasteiger partial charge in [-0.05, 0) is 6.92 Å². The molecule has 1 fully saturated rings. The predicted octanol–water partition coefficient (Wildman–Crippen LogP) is 0.743. The van der Waals surface area contributed by atoms with Crippen LogP contribution in [0.3, 0.4) is 0 Å². The lowest BCUT2D eigenvalue weighted by molar-refractivity contribution is -0.141. The van der Waals surface area contributed by atoms with Crippen molar-refractivity contribution in [2.75, 3.05) is 26.2 Å². The van der Waals surface area contributed by atoms with E-state index in [9.17, 15) is 9.90 Å². The molecule has 2 heterocycles. The Hall–Kier alpha value is -1.40. The van der Waals surface area contributed by atoms with Gasteiger partial charge in [-0.3, -0.25) is 14.4 Å². The molecule has 6 heteroatoms. The maximum Gasteiger partial charge on any atom is 0.251 e. The van der Waals surface area contributed by atoms with Gasteiger partial charge in [-0.25, -0.2) is 0 Å². The van der Waals surface area contributed by atoms with Crippen LogP contribution < -0.4 is 0 Å². The molecule has 1 atom stereocenters. The minimum absolute atomic E-state index is 0.0285. The molecule has 124 valence electrons. The van der Waals surface area contributed by atoms with E-state index in [4.69, 9.17) is 0 Å². The first-order valence-corrected chi connectivity index (χ1v) is 7.90. The Morgan fingerprint density at radius 1 is 1.32 bits per heavy atom. The van der Waals surface area contributed by atoms with Gasteiger partial charge in [0.15, 0.2) is 0 Å². The van der Waals surface area contributed by atoms with E-state index in [0.29, 0.717) is 13.1 Å². The number of aliphatic hydroxyl groups excluding tert-OH is 1. The predicted molar refractivity (Wildman–Crippen MR) is 85.4 cm³/mol. The van der Waals surface area contributed by atoms with E-state index in [1.165, 1.54) is 12.5 Å². The van der Waals surface area contributed by atoms with Crippen molar-refractivity contribution in [3.8, 4) is 0 Å². The topological polar surface area (TPSA) is 61.6 Å². The normalized spacial score (nSPS) is 18.5. The summed E-state index contributed by atoms with van der Waals surface area (Å²) in [6.07, 6.45) is 1.19. The fourth-order valence-electron chi connectivity index (χ4n) is 2.92. The summed E-state index contributed by atoms with van der Waals surface area (Å²) in [5, 5.41) is 14.0. The molecule has 1 amide bonds. The van der Waals surface area contributed by atoms with Gasteiger partial charge < -0.3 is 10.0 Å². The molecule has 1 aliphatic heterocycles. The van der Waals surface area contributed by atoms with Crippen molar-refractivity contribution in [1.29, 1.82) is 0 Å². The molecule has 1 saturated heterocycles. The number of piperazine rings is 1. The zero-order valence-corrected chi connectivity index (χ0v) is 14.3. The summed E-state index contributed by atoms with van der Waals surface area (Å²) in [6, 6.07) is 0. The number of hydrogen-bond donors (Lipinski definition) is 1. The van der Waals surface area contributed by atoms with Gasteiger partial charge in [-0.1, -0.05) is 20.8 Å². The highest BCUT2D eigenvalue weighted by Gasteiger charge is 2.26. The molecule has 22 heavy (non-hydrogen) atoms. The Kier molecular flexibility index (Phi) is 4.92. The third-order valence-electron chi connectivity index (χ3n) is 4.05. The van der Waals surface area contributed by atoms with E-state index in [1.54, 1.807) is 4.90 Å². The van der Waals surface area contributed by atoms with Crippen LogP contribution >= 0.6 is 0 Å². The molecule has 0 radical (unpaired) electrons. The molecule has 1 aromatic heterocycles. The number of nitrogens with zero attached hydrogens (tertiary/aromatic N) is 4. The van der Waals surface area contributed by atoms with Gasteiger partial charge in [0.25, 0.3) is 5.91 Å². The number of rotatable bonds is 3. The second kappa shape index (κ2) is 6.38. The summed E-state index contributed by atoms with van der Waals surface area (Å²) in [7, 11) is 1.96. The number of carbonyl (C=O) groups is 1. The lowest BCUT2D eigenvalue weighted by Crippen LogP contribution is -2.50. The van der Waals surface area contributed by atoms with Crippen molar-refractivity contribution >= 4 is 5.91 Å². The van der Waals surface area contributed by atoms with Crippen molar-refractivity contribution in [2.45, 2.75) is 45.8 Å². The van der Waals surface area contributed by atoms with Crippen molar-refractivity contribution in [3.05, 3.63) is 17.5 Å². The Morgan fingerprint density at radius 2 is 1.91 bits per heavy atom. The Bertz CT molecular complexity index is 523. The van der Waals surface area contributed by atoms with Crippen LogP contribution in [-0.2, 0) is 23.8 Å². The summed E-state index contributed by atoms with van der Waals surface area (Å²) >= 11 is 0. The zero-order valence-electron chi connectivity index (χ0n) is 14.3. The quantitative estimate of drug-likeness (QED) is 0.895. The molecule has 1 aromatic rings. The Labute approximate surface area is 132 Å². The van der Waals surface area contributed by atoms with Crippen LogP contribution in [0, 0.1) is 0 Å². The average molecular weight is 308 g/mol. The van der Waals surface area contributed by atoms with Crippen LogP contribution in [0.4, 0.5) is 0 Å². The third-order valence-corrected chi connectivity index (χ3v) is 4.05. The summed E-state index contributed by atoms with van der Waals surface area (Å²) in [5.41, 5.74) is 2.42. The van der Waals surface area contributed by atoms with Gasteiger partial charge in [0.05, 0.1) is 5.69 Å². The third kappa shape index (κ3) is 3.87. The summed E-state index contributed by atoms with van der Waals surface area (Å²) < 4.78 is 1.88. The highest BCUT2D eigenvalue weighted by atomic mass is 16.3. The lowest BCUT2D eigenvalue weighted by atomic mass is 9.89. The Morgan fingerprint density at radius 3 is 2.41 bits per heavy atom. The van der Waals surface area contributed by atoms with Crippen LogP contribution in [0.25, 0.3) is 0 Å². The second-order valence-electron chi connectivity index (χ2n) is 7.20. The molecule has 0 bridgehead atoms. The van der Waals surface area contributed by atoms with E-state index >= 15 is 0 Å². The largest absolute Gasteiger partial charge is 0.384 e. The standard InChI is InChI=1S/C16H28N4O2/c1-12(21)15(22)20-8-6-19(7-9-20)11-13-10-18(5)17-14(13)16(2,3)4/h10,12,21H,6-9,11H2,1-5H3. The Balaban J connectivity index is 1.98. The molecule has 0 aromatic carbocycles. The van der Waals surface area contributed by atoms with Crippen molar-refractivity contribution in [1.82, 2.24) is 19.6 Å². The number of amides is 1. The number of carbonyl (C=O) groups excluding carboxylic acids is 1. The maximum atomic E-state index is 11.8. The van der Waals surface area contributed by atoms with Crippen LogP contribution in [0.1, 0.15) is 39.0 Å². The number of aryl methyl sites for hydroxylation is 1. The van der Waals surface area contributed by atoms with E-state index in [-0.39, 0.29) is 11.3 Å². The maximum absolute atomic E-state index is 11.8. The van der Waals surface area contributed by atoms with E-state index in [1.807, 2.05) is 11.7 Å². The van der Waals surface area contributed by atoms with Crippen LogP contribution in [0.2, 0.25) is 0 Å². The summed E-state index contributed by atoms with van der Waals surface area (Å²) in [6.45, 7) is 11.9. The highest BCUT2D eigenvalue weighted by Crippen LogP contribution is 2.25. The summed E-state index contributed by atoms with van der Waals surface area (Å²) in [4.78, 5) is 15.9. The number of hydrogen-bond acceptors (Lipinski definition) is 4. The van der Waals surface area contributed by atoms with Crippen molar-refractivity contribution in [2.24, 2.45) is 7.05 Å². The van der Waals surface area contributed by atoms with E-state index in [0.717, 1.165) is 25.3 Å². The second-order valence-corrected chi connectivity index (χ2v) is 7.20. The zero-order chi connectivity index (χ0) is 16.5. The smallest absolute Gasteiger partial charge is 0.251 e. The van der Waals surface area contributed by atoms with Crippen LogP contribution in [-0.4, -0.2) is 62.9 Å². The van der Waals surface area contributed by atoms with Crippen molar-refractivity contribution in [3.63, 3.8) is 0 Å². The number of aromatic nitrogens is 2. The first-order chi connectivity index (χ1) is 10.2. The van der Waals surface area contributed by atoms with Gasteiger partial charge in [0.2, 0.25) is 0 Å². The molecule has 6 nitrogen and oxygen atoms in total. The first kappa shape index (κ1) is 17.0. The minimum atomic E-state index is -0.905. The average Bonchev–Trinajstić information content (AvgIpc) is 2.79. The SMILES string of the molecule is CC(O)C(=O)N1CCN(Cc2cn(C)nc2C(C)(C)C)CC1. The van der Waals surface area contributed by atoms with Crippen LogP contribution in [0.15, 0.2) is 6.20 Å². The minimum Gasteiger partial charge on any atom is -0.384 e. The first-order valence-electron chi connectivity index (χ1n) is 7.90. The molecule has 0 saturated carbocycles. The van der Waals surface area contributed by atoms with Gasteiger partial charge >= 0.3 is 0 Å². The molecular weight excluding hydrogens is 280 g/mol.